The van der Waals surface area contributed by atoms with Gasteiger partial charge in [0.25, 0.3) is 0 Å². The van der Waals surface area contributed by atoms with E-state index < -0.39 is 13.9 Å². The fraction of sp³-hybridized carbons (Fsp3) is 0.962. The number of esters is 1. The standard InChI is InChI=1S/C26H54NO7P/c1-6-8-10-12-14-15-17-19-26(28)34-25(23-31-21-18-16-13-11-9-7-2)24-33-35(29,30)32-22-20-27(3,4)5/h25H,6-24H2,1-5H3/p+1. The fourth-order valence-electron chi connectivity index (χ4n) is 3.43. The molecular weight excluding hydrogens is 469 g/mol. The second-order valence-corrected chi connectivity index (χ2v) is 11.9. The second kappa shape index (κ2) is 21.6. The van der Waals surface area contributed by atoms with E-state index in [1.54, 1.807) is 0 Å². The number of carbonyl (C=O) groups is 1. The van der Waals surface area contributed by atoms with Crippen LogP contribution in [0.25, 0.3) is 0 Å². The average Bonchev–Trinajstić information content (AvgIpc) is 2.77. The monoisotopic (exact) mass is 524 g/mol. The summed E-state index contributed by atoms with van der Waals surface area (Å²) in [5.74, 6) is -0.325. The summed E-state index contributed by atoms with van der Waals surface area (Å²) in [4.78, 5) is 22.3. The Bertz CT molecular complexity index is 554. The van der Waals surface area contributed by atoms with Gasteiger partial charge in [-0.25, -0.2) is 4.57 Å². The molecule has 0 rings (SSSR count). The van der Waals surface area contributed by atoms with Crippen LogP contribution in [0, 0.1) is 0 Å². The molecule has 0 spiro atoms. The van der Waals surface area contributed by atoms with Crippen molar-refractivity contribution in [3.63, 3.8) is 0 Å². The van der Waals surface area contributed by atoms with E-state index in [2.05, 4.69) is 13.8 Å². The number of quaternary nitrogens is 1. The van der Waals surface area contributed by atoms with E-state index in [9.17, 15) is 14.3 Å². The largest absolute Gasteiger partial charge is 0.472 e. The van der Waals surface area contributed by atoms with Gasteiger partial charge in [0.15, 0.2) is 0 Å². The Morgan fingerprint density at radius 3 is 1.89 bits per heavy atom. The number of hydrogen-bond donors (Lipinski definition) is 1. The van der Waals surface area contributed by atoms with Crippen LogP contribution in [0.2, 0.25) is 0 Å². The first kappa shape index (κ1) is 34.5. The summed E-state index contributed by atoms with van der Waals surface area (Å²) in [5.41, 5.74) is 0. The molecule has 2 unspecified atom stereocenters. The van der Waals surface area contributed by atoms with Gasteiger partial charge in [0.05, 0.1) is 34.4 Å². The lowest BCUT2D eigenvalue weighted by Gasteiger charge is -2.24. The van der Waals surface area contributed by atoms with E-state index in [0.29, 0.717) is 24.1 Å². The van der Waals surface area contributed by atoms with Gasteiger partial charge in [-0.1, -0.05) is 84.5 Å². The van der Waals surface area contributed by atoms with Crippen molar-refractivity contribution in [1.82, 2.24) is 0 Å². The maximum absolute atomic E-state index is 12.3. The molecule has 9 heteroatoms. The van der Waals surface area contributed by atoms with Crippen LogP contribution in [0.4, 0.5) is 0 Å². The van der Waals surface area contributed by atoms with Crippen molar-refractivity contribution in [2.75, 3.05) is 54.1 Å². The number of unbranched alkanes of at least 4 members (excludes halogenated alkanes) is 11. The van der Waals surface area contributed by atoms with Crippen LogP contribution < -0.4 is 0 Å². The summed E-state index contributed by atoms with van der Waals surface area (Å²) >= 11 is 0. The molecule has 0 aliphatic heterocycles. The number of phosphoric ester groups is 1. The van der Waals surface area contributed by atoms with Crippen molar-refractivity contribution in [3.8, 4) is 0 Å². The third-order valence-corrected chi connectivity index (χ3v) is 6.65. The lowest BCUT2D eigenvalue weighted by Crippen LogP contribution is -2.37. The lowest BCUT2D eigenvalue weighted by molar-refractivity contribution is -0.870. The second-order valence-electron chi connectivity index (χ2n) is 10.4. The highest BCUT2D eigenvalue weighted by atomic mass is 31.2. The molecule has 0 aliphatic rings. The van der Waals surface area contributed by atoms with E-state index in [0.717, 1.165) is 32.1 Å². The lowest BCUT2D eigenvalue weighted by atomic mass is 10.1. The van der Waals surface area contributed by atoms with E-state index in [1.807, 2.05) is 21.1 Å². The average molecular weight is 525 g/mol. The van der Waals surface area contributed by atoms with Gasteiger partial charge in [-0.2, -0.15) is 0 Å². The highest BCUT2D eigenvalue weighted by Crippen LogP contribution is 2.43. The van der Waals surface area contributed by atoms with Crippen molar-refractivity contribution in [2.45, 2.75) is 110 Å². The molecule has 210 valence electrons. The fourth-order valence-corrected chi connectivity index (χ4v) is 4.17. The van der Waals surface area contributed by atoms with E-state index >= 15 is 0 Å². The van der Waals surface area contributed by atoms with Crippen LogP contribution in [0.5, 0.6) is 0 Å². The number of phosphoric acid groups is 1. The van der Waals surface area contributed by atoms with Gasteiger partial charge in [0.2, 0.25) is 0 Å². The summed E-state index contributed by atoms with van der Waals surface area (Å²) in [6.45, 7) is 5.50. The number of likely N-dealkylation sites (N-methyl/N-ethyl adjacent to an activating group) is 1. The molecule has 0 aliphatic carbocycles. The third-order valence-electron chi connectivity index (χ3n) is 5.67. The van der Waals surface area contributed by atoms with Gasteiger partial charge in [0, 0.05) is 13.0 Å². The number of ether oxygens (including phenoxy) is 2. The predicted octanol–water partition coefficient (Wildman–Crippen LogP) is 6.26. The molecule has 0 radical (unpaired) electrons. The maximum Gasteiger partial charge on any atom is 0.472 e. The number of hydrogen-bond acceptors (Lipinski definition) is 6. The van der Waals surface area contributed by atoms with Gasteiger partial charge >= 0.3 is 13.8 Å². The first-order valence-corrected chi connectivity index (χ1v) is 15.3. The zero-order valence-corrected chi connectivity index (χ0v) is 24.2. The Hall–Kier alpha value is -0.500. The summed E-state index contributed by atoms with van der Waals surface area (Å²) < 4.78 is 34.3. The molecule has 0 heterocycles. The van der Waals surface area contributed by atoms with Crippen molar-refractivity contribution in [1.29, 1.82) is 0 Å². The van der Waals surface area contributed by atoms with Crippen LogP contribution in [0.15, 0.2) is 0 Å². The normalized spacial score (nSPS) is 14.6. The van der Waals surface area contributed by atoms with Gasteiger partial charge in [0.1, 0.15) is 19.3 Å². The molecule has 8 nitrogen and oxygen atoms in total. The topological polar surface area (TPSA) is 91.3 Å². The minimum Gasteiger partial charge on any atom is -0.457 e. The van der Waals surface area contributed by atoms with Gasteiger partial charge in [-0.05, 0) is 12.8 Å². The SMILES string of the molecule is CCCCCCCCCC(=O)OC(COCCCCCCCC)COP(=O)(O)OCC[N+](C)(C)C. The Morgan fingerprint density at radius 1 is 0.771 bits per heavy atom. The summed E-state index contributed by atoms with van der Waals surface area (Å²) in [6, 6.07) is 0. The minimum absolute atomic E-state index is 0.0918. The van der Waals surface area contributed by atoms with Crippen LogP contribution in [0.3, 0.4) is 0 Å². The third kappa shape index (κ3) is 25.0. The van der Waals surface area contributed by atoms with Crippen molar-refractivity contribution < 1.29 is 37.3 Å². The van der Waals surface area contributed by atoms with E-state index in [4.69, 9.17) is 18.5 Å². The quantitative estimate of drug-likeness (QED) is 0.0653. The Balaban J connectivity index is 4.43. The van der Waals surface area contributed by atoms with Gasteiger partial charge < -0.3 is 18.9 Å². The smallest absolute Gasteiger partial charge is 0.457 e. The molecule has 0 saturated carbocycles. The zero-order valence-electron chi connectivity index (χ0n) is 23.3. The molecule has 0 amide bonds. The summed E-state index contributed by atoms with van der Waals surface area (Å²) in [7, 11) is 1.67. The van der Waals surface area contributed by atoms with E-state index in [-0.39, 0.29) is 25.8 Å². The first-order chi connectivity index (χ1) is 16.6. The molecule has 0 aromatic rings. The van der Waals surface area contributed by atoms with E-state index in [1.165, 1.54) is 51.4 Å². The Labute approximate surface area is 215 Å². The molecule has 2 atom stereocenters. The number of nitrogens with zero attached hydrogens (tertiary/aromatic N) is 1. The molecular formula is C26H55NO7P+. The van der Waals surface area contributed by atoms with Crippen molar-refractivity contribution in [3.05, 3.63) is 0 Å². The highest BCUT2D eigenvalue weighted by Gasteiger charge is 2.26. The summed E-state index contributed by atoms with van der Waals surface area (Å²) in [6.07, 6.45) is 14.4. The van der Waals surface area contributed by atoms with Gasteiger partial charge in [-0.15, -0.1) is 0 Å². The van der Waals surface area contributed by atoms with Gasteiger partial charge in [-0.3, -0.25) is 13.8 Å². The Morgan fingerprint density at radius 2 is 1.31 bits per heavy atom. The van der Waals surface area contributed by atoms with Crippen LogP contribution in [-0.2, 0) is 27.9 Å². The molecule has 0 aromatic carbocycles. The van der Waals surface area contributed by atoms with Crippen LogP contribution >= 0.6 is 7.82 Å². The first-order valence-electron chi connectivity index (χ1n) is 13.8. The molecule has 35 heavy (non-hydrogen) atoms. The maximum atomic E-state index is 12.3. The molecule has 1 N–H and O–H groups in total. The number of rotatable bonds is 25. The van der Waals surface area contributed by atoms with Crippen molar-refractivity contribution >= 4 is 13.8 Å². The molecule has 0 aromatic heterocycles. The molecule has 0 saturated heterocycles. The highest BCUT2D eigenvalue weighted by molar-refractivity contribution is 7.47. The molecule has 0 bridgehead atoms. The van der Waals surface area contributed by atoms with Crippen LogP contribution in [0.1, 0.15) is 104 Å². The Kier molecular flexibility index (Phi) is 21.3. The molecule has 0 fully saturated rings. The van der Waals surface area contributed by atoms with Crippen LogP contribution in [-0.4, -0.2) is 75.6 Å². The van der Waals surface area contributed by atoms with Crippen molar-refractivity contribution in [2.24, 2.45) is 0 Å². The summed E-state index contributed by atoms with van der Waals surface area (Å²) in [5, 5.41) is 0. The minimum atomic E-state index is -4.23. The predicted molar refractivity (Wildman–Crippen MR) is 141 cm³/mol. The number of carbonyl (C=O) groups excluding carboxylic acids is 1. The zero-order chi connectivity index (χ0) is 26.4.